The Morgan fingerprint density at radius 3 is 2.44 bits per heavy atom. The van der Waals surface area contributed by atoms with Gasteiger partial charge in [0.15, 0.2) is 5.78 Å². The van der Waals surface area contributed by atoms with Crippen LogP contribution in [0, 0.1) is 5.92 Å². The van der Waals surface area contributed by atoms with Gasteiger partial charge in [-0.3, -0.25) is 4.79 Å². The zero-order chi connectivity index (χ0) is 23.7. The Kier molecular flexibility index (Phi) is 6.01. The number of aromatic hydroxyl groups is 1. The standard InChI is InChI=1S/C29H30N2O3/c1-18(2)17-34-23-12-10-19(11-13-23)21-15-26-28(27(33)16-21)29(20-6-5-7-22(32)14-20)31-25-9-4-3-8-24(25)30-26/h3-14,18,21,29-32H,15-17H2,1-2H3. The van der Waals surface area contributed by atoms with E-state index in [1.807, 2.05) is 48.5 Å². The predicted molar refractivity (Wildman–Crippen MR) is 135 cm³/mol. The van der Waals surface area contributed by atoms with Crippen molar-refractivity contribution in [1.82, 2.24) is 0 Å². The Balaban J connectivity index is 1.48. The predicted octanol–water partition coefficient (Wildman–Crippen LogP) is 6.41. The maximum Gasteiger partial charge on any atom is 0.163 e. The van der Waals surface area contributed by atoms with E-state index in [1.165, 1.54) is 0 Å². The fourth-order valence-electron chi connectivity index (χ4n) is 4.78. The number of ether oxygens (including phenoxy) is 1. The first kappa shape index (κ1) is 22.1. The number of para-hydroxylation sites is 2. The minimum atomic E-state index is -0.335. The highest BCUT2D eigenvalue weighted by Gasteiger charge is 2.36. The van der Waals surface area contributed by atoms with E-state index in [9.17, 15) is 9.90 Å². The molecule has 0 aromatic heterocycles. The largest absolute Gasteiger partial charge is 0.508 e. The Hall–Kier alpha value is -3.73. The molecule has 1 heterocycles. The quantitative estimate of drug-likeness (QED) is 0.416. The molecule has 2 unspecified atom stereocenters. The summed E-state index contributed by atoms with van der Waals surface area (Å²) in [6.07, 6.45) is 1.18. The van der Waals surface area contributed by atoms with Gasteiger partial charge in [0.25, 0.3) is 0 Å². The second-order valence-corrected chi connectivity index (χ2v) is 9.54. The number of nitrogens with one attached hydrogen (secondary N) is 2. The second kappa shape index (κ2) is 9.26. The van der Waals surface area contributed by atoms with Crippen molar-refractivity contribution in [1.29, 1.82) is 0 Å². The van der Waals surface area contributed by atoms with Crippen molar-refractivity contribution in [3.8, 4) is 11.5 Å². The maximum atomic E-state index is 13.6. The number of rotatable bonds is 5. The van der Waals surface area contributed by atoms with Crippen LogP contribution >= 0.6 is 0 Å². The number of anilines is 2. The Bertz CT molecular complexity index is 1230. The van der Waals surface area contributed by atoms with E-state index in [4.69, 9.17) is 4.74 Å². The van der Waals surface area contributed by atoms with Gasteiger partial charge in [0.2, 0.25) is 0 Å². The normalized spacial score (nSPS) is 19.6. The summed E-state index contributed by atoms with van der Waals surface area (Å²) in [5.41, 5.74) is 5.56. The first-order chi connectivity index (χ1) is 16.5. The number of hydrogen-bond donors (Lipinski definition) is 3. The van der Waals surface area contributed by atoms with Crippen molar-refractivity contribution in [2.24, 2.45) is 5.92 Å². The Morgan fingerprint density at radius 1 is 0.941 bits per heavy atom. The summed E-state index contributed by atoms with van der Waals surface area (Å²) >= 11 is 0. The van der Waals surface area contributed by atoms with Crippen molar-refractivity contribution in [2.45, 2.75) is 38.6 Å². The number of fused-ring (bicyclic) bond motifs is 1. The van der Waals surface area contributed by atoms with Gasteiger partial charge in [0, 0.05) is 17.7 Å². The number of carbonyl (C=O) groups is 1. The van der Waals surface area contributed by atoms with Crippen LogP contribution in [0.4, 0.5) is 11.4 Å². The molecule has 0 spiro atoms. The molecule has 0 fully saturated rings. The van der Waals surface area contributed by atoms with Crippen molar-refractivity contribution < 1.29 is 14.6 Å². The van der Waals surface area contributed by atoms with E-state index in [0.29, 0.717) is 18.9 Å². The van der Waals surface area contributed by atoms with E-state index in [2.05, 4.69) is 36.6 Å². The molecule has 1 aliphatic heterocycles. The minimum absolute atomic E-state index is 0.0907. The van der Waals surface area contributed by atoms with Crippen molar-refractivity contribution in [2.75, 3.05) is 17.2 Å². The van der Waals surface area contributed by atoms with Gasteiger partial charge in [-0.1, -0.05) is 50.2 Å². The molecule has 3 N–H and O–H groups in total. The van der Waals surface area contributed by atoms with Crippen molar-refractivity contribution >= 4 is 17.2 Å². The van der Waals surface area contributed by atoms with E-state index < -0.39 is 0 Å². The van der Waals surface area contributed by atoms with Gasteiger partial charge in [-0.05, 0) is 65.8 Å². The third-order valence-electron chi connectivity index (χ3n) is 6.45. The Labute approximate surface area is 200 Å². The molecule has 2 aliphatic rings. The maximum absolute atomic E-state index is 13.6. The highest BCUT2D eigenvalue weighted by Crippen LogP contribution is 2.44. The van der Waals surface area contributed by atoms with Crippen LogP contribution in [0.25, 0.3) is 0 Å². The molecule has 5 rings (SSSR count). The van der Waals surface area contributed by atoms with Crippen LogP contribution in [0.3, 0.4) is 0 Å². The third kappa shape index (κ3) is 4.51. The first-order valence-electron chi connectivity index (χ1n) is 11.9. The lowest BCUT2D eigenvalue weighted by Gasteiger charge is -2.30. The summed E-state index contributed by atoms with van der Waals surface area (Å²) in [6, 6.07) is 23.0. The van der Waals surface area contributed by atoms with Gasteiger partial charge in [0.1, 0.15) is 11.5 Å². The van der Waals surface area contributed by atoms with Gasteiger partial charge in [0.05, 0.1) is 24.0 Å². The first-order valence-corrected chi connectivity index (χ1v) is 11.9. The van der Waals surface area contributed by atoms with E-state index in [-0.39, 0.29) is 23.5 Å². The molecule has 0 bridgehead atoms. The summed E-state index contributed by atoms with van der Waals surface area (Å²) in [4.78, 5) is 13.6. The number of allylic oxidation sites excluding steroid dienone is 1. The van der Waals surface area contributed by atoms with Gasteiger partial charge >= 0.3 is 0 Å². The molecule has 174 valence electrons. The zero-order valence-corrected chi connectivity index (χ0v) is 19.5. The highest BCUT2D eigenvalue weighted by molar-refractivity contribution is 6.01. The monoisotopic (exact) mass is 454 g/mol. The van der Waals surface area contributed by atoms with E-state index in [1.54, 1.807) is 12.1 Å². The lowest BCUT2D eigenvalue weighted by Crippen LogP contribution is -2.26. The van der Waals surface area contributed by atoms with Crippen molar-refractivity contribution in [3.05, 3.63) is 95.2 Å². The fourth-order valence-corrected chi connectivity index (χ4v) is 4.78. The number of carbonyl (C=O) groups excluding carboxylic acids is 1. The molecule has 3 aromatic carbocycles. The average Bonchev–Trinajstić information content (AvgIpc) is 3.00. The van der Waals surface area contributed by atoms with Crippen LogP contribution in [-0.2, 0) is 4.79 Å². The third-order valence-corrected chi connectivity index (χ3v) is 6.45. The molecular weight excluding hydrogens is 424 g/mol. The summed E-state index contributed by atoms with van der Waals surface area (Å²) in [5.74, 6) is 1.72. The van der Waals surface area contributed by atoms with Gasteiger partial charge in [-0.15, -0.1) is 0 Å². The molecule has 0 amide bonds. The molecule has 3 aromatic rings. The molecular formula is C29H30N2O3. The number of phenolic OH excluding ortho intramolecular Hbond substituents is 1. The van der Waals surface area contributed by atoms with Crippen molar-refractivity contribution in [3.63, 3.8) is 0 Å². The van der Waals surface area contributed by atoms with Crippen LogP contribution in [0.1, 0.15) is 49.8 Å². The summed E-state index contributed by atoms with van der Waals surface area (Å²) in [7, 11) is 0. The molecule has 2 atom stereocenters. The highest BCUT2D eigenvalue weighted by atomic mass is 16.5. The number of benzene rings is 3. The molecule has 0 radical (unpaired) electrons. The lowest BCUT2D eigenvalue weighted by atomic mass is 9.78. The van der Waals surface area contributed by atoms with Crippen LogP contribution in [0.15, 0.2) is 84.1 Å². The number of ketones is 1. The van der Waals surface area contributed by atoms with Gasteiger partial charge in [-0.2, -0.15) is 0 Å². The molecule has 1 aliphatic carbocycles. The molecule has 5 heteroatoms. The topological polar surface area (TPSA) is 70.6 Å². The van der Waals surface area contributed by atoms with Crippen LogP contribution in [0.2, 0.25) is 0 Å². The summed E-state index contributed by atoms with van der Waals surface area (Å²) in [5, 5.41) is 17.2. The SMILES string of the molecule is CC(C)COc1ccc(C2CC(=O)C3=C(C2)Nc2ccccc2NC3c2cccc(O)c2)cc1. The molecule has 34 heavy (non-hydrogen) atoms. The van der Waals surface area contributed by atoms with Crippen LogP contribution < -0.4 is 15.4 Å². The number of Topliss-reactive ketones (excluding diaryl/α,β-unsaturated/α-hetero) is 1. The van der Waals surface area contributed by atoms with E-state index >= 15 is 0 Å². The van der Waals surface area contributed by atoms with Gasteiger partial charge in [-0.25, -0.2) is 0 Å². The Morgan fingerprint density at radius 2 is 1.71 bits per heavy atom. The second-order valence-electron chi connectivity index (χ2n) is 9.54. The number of phenols is 1. The minimum Gasteiger partial charge on any atom is -0.508 e. The van der Waals surface area contributed by atoms with Crippen LogP contribution in [-0.4, -0.2) is 17.5 Å². The van der Waals surface area contributed by atoms with E-state index in [0.717, 1.165) is 45.9 Å². The summed E-state index contributed by atoms with van der Waals surface area (Å²) < 4.78 is 5.83. The van der Waals surface area contributed by atoms with Gasteiger partial charge < -0.3 is 20.5 Å². The molecule has 0 saturated heterocycles. The van der Waals surface area contributed by atoms with Crippen LogP contribution in [0.5, 0.6) is 11.5 Å². The summed E-state index contributed by atoms with van der Waals surface area (Å²) in [6.45, 7) is 4.94. The number of hydrogen-bond acceptors (Lipinski definition) is 5. The lowest BCUT2D eigenvalue weighted by molar-refractivity contribution is -0.116. The smallest absolute Gasteiger partial charge is 0.163 e. The zero-order valence-electron chi connectivity index (χ0n) is 19.5. The molecule has 0 saturated carbocycles. The molecule has 5 nitrogen and oxygen atoms in total. The fraction of sp³-hybridized carbons (Fsp3) is 0.276. The average molecular weight is 455 g/mol.